The zero-order chi connectivity index (χ0) is 24.2. The third-order valence-electron chi connectivity index (χ3n) is 4.63. The Kier molecular flexibility index (Phi) is 9.25. The minimum absolute atomic E-state index is 0.0200. The number of carbonyl (C=O) groups is 3. The van der Waals surface area contributed by atoms with Crippen LogP contribution in [0.15, 0.2) is 84.9 Å². The Bertz CT molecular complexity index is 1130. The zero-order valence-corrected chi connectivity index (χ0v) is 19.0. The predicted molar refractivity (Wildman–Crippen MR) is 131 cm³/mol. The molecule has 3 aromatic carbocycles. The quantitative estimate of drug-likeness (QED) is 0.321. The Morgan fingerprint density at radius 1 is 0.853 bits per heavy atom. The van der Waals surface area contributed by atoms with Crippen LogP contribution in [-0.2, 0) is 16.2 Å². The lowest BCUT2D eigenvalue weighted by Gasteiger charge is -2.09. The third-order valence-corrected chi connectivity index (χ3v) is 4.88. The van der Waals surface area contributed by atoms with Gasteiger partial charge in [0.25, 0.3) is 5.91 Å². The summed E-state index contributed by atoms with van der Waals surface area (Å²) in [6.45, 7) is 0.481. The number of carbonyl (C=O) groups excluding carboxylic acids is 3. The molecule has 3 rings (SSSR count). The summed E-state index contributed by atoms with van der Waals surface area (Å²) < 4.78 is 5.67. The van der Waals surface area contributed by atoms with Crippen molar-refractivity contribution in [2.24, 2.45) is 0 Å². The molecule has 0 fully saturated rings. The van der Waals surface area contributed by atoms with Crippen LogP contribution in [0, 0.1) is 0 Å². The van der Waals surface area contributed by atoms with Gasteiger partial charge in [-0.15, -0.1) is 0 Å². The molecule has 0 saturated carbocycles. The maximum atomic E-state index is 12.2. The first-order chi connectivity index (χ1) is 16.5. The summed E-state index contributed by atoms with van der Waals surface area (Å²) >= 11 is 5.85. The van der Waals surface area contributed by atoms with Crippen molar-refractivity contribution in [2.75, 3.05) is 6.54 Å². The molecule has 0 radical (unpaired) electrons. The second kappa shape index (κ2) is 12.8. The van der Waals surface area contributed by atoms with Gasteiger partial charge in [0.05, 0.1) is 0 Å². The molecule has 0 aliphatic carbocycles. The molecule has 0 spiro atoms. The van der Waals surface area contributed by atoms with Crippen molar-refractivity contribution in [3.05, 3.63) is 107 Å². The number of amides is 3. The van der Waals surface area contributed by atoms with Gasteiger partial charge in [-0.1, -0.05) is 54.1 Å². The van der Waals surface area contributed by atoms with Gasteiger partial charge in [0.15, 0.2) is 0 Å². The lowest BCUT2D eigenvalue weighted by molar-refractivity contribution is -0.122. The lowest BCUT2D eigenvalue weighted by Crippen LogP contribution is -2.42. The van der Waals surface area contributed by atoms with E-state index in [9.17, 15) is 14.4 Å². The number of hydrazine groups is 1. The molecule has 0 unspecified atom stereocenters. The summed E-state index contributed by atoms with van der Waals surface area (Å²) in [7, 11) is 0. The molecule has 0 aliphatic rings. The first-order valence-electron chi connectivity index (χ1n) is 10.6. The number of benzene rings is 3. The highest BCUT2D eigenvalue weighted by atomic mass is 35.5. The monoisotopic (exact) mass is 477 g/mol. The molecule has 174 valence electrons. The highest BCUT2D eigenvalue weighted by molar-refractivity contribution is 6.30. The van der Waals surface area contributed by atoms with E-state index in [1.807, 2.05) is 30.3 Å². The Morgan fingerprint density at radius 2 is 1.56 bits per heavy atom. The normalized spacial score (nSPS) is 10.5. The van der Waals surface area contributed by atoms with Gasteiger partial charge >= 0.3 is 0 Å². The second-order valence-electron chi connectivity index (χ2n) is 7.23. The molecular weight excluding hydrogens is 454 g/mol. The van der Waals surface area contributed by atoms with Crippen LogP contribution in [0.2, 0.25) is 5.02 Å². The van der Waals surface area contributed by atoms with Crippen LogP contribution in [0.1, 0.15) is 27.9 Å². The summed E-state index contributed by atoms with van der Waals surface area (Å²) in [6.07, 6.45) is 3.11. The van der Waals surface area contributed by atoms with Crippen LogP contribution in [0.3, 0.4) is 0 Å². The van der Waals surface area contributed by atoms with Crippen molar-refractivity contribution in [2.45, 2.75) is 13.0 Å². The van der Waals surface area contributed by atoms with Crippen LogP contribution in [0.4, 0.5) is 0 Å². The molecule has 0 bridgehead atoms. The first kappa shape index (κ1) is 24.5. The van der Waals surface area contributed by atoms with Crippen molar-refractivity contribution in [3.63, 3.8) is 0 Å². The molecule has 8 heteroatoms. The molecule has 0 aliphatic heterocycles. The van der Waals surface area contributed by atoms with Crippen LogP contribution in [0.5, 0.6) is 5.75 Å². The summed E-state index contributed by atoms with van der Waals surface area (Å²) in [5.41, 5.74) is 6.86. The maximum absolute atomic E-state index is 12.2. The van der Waals surface area contributed by atoms with Gasteiger partial charge in [0.2, 0.25) is 11.8 Å². The lowest BCUT2D eigenvalue weighted by atomic mass is 10.1. The SMILES string of the molecule is O=C(/C=C/c1ccccc1)NCCC(=O)NNC(=O)c1ccc(COc2ccc(Cl)cc2)cc1. The van der Waals surface area contributed by atoms with Crippen LogP contribution >= 0.6 is 11.6 Å². The standard InChI is InChI=1S/C26H24ClN3O4/c27-22-11-13-23(14-12-22)34-18-20-6-9-21(10-7-20)26(33)30-29-25(32)16-17-28-24(31)15-8-19-4-2-1-3-5-19/h1-15H,16-18H2,(H,28,31)(H,29,32)(H,30,33)/b15-8+. The predicted octanol–water partition coefficient (Wildman–Crippen LogP) is 3.90. The van der Waals surface area contributed by atoms with E-state index in [0.717, 1.165) is 11.1 Å². The average Bonchev–Trinajstić information content (AvgIpc) is 2.86. The third kappa shape index (κ3) is 8.44. The van der Waals surface area contributed by atoms with Gasteiger partial charge < -0.3 is 10.1 Å². The fraction of sp³-hybridized carbons (Fsp3) is 0.115. The first-order valence-corrected chi connectivity index (χ1v) is 10.9. The Balaban J connectivity index is 1.34. The van der Waals surface area contributed by atoms with Gasteiger partial charge in [0.1, 0.15) is 12.4 Å². The average molecular weight is 478 g/mol. The van der Waals surface area contributed by atoms with Crippen LogP contribution in [0.25, 0.3) is 6.08 Å². The van der Waals surface area contributed by atoms with Gasteiger partial charge in [0, 0.05) is 29.6 Å². The van der Waals surface area contributed by atoms with Crippen molar-refractivity contribution >= 4 is 35.4 Å². The summed E-state index contributed by atoms with van der Waals surface area (Å²) in [5, 5.41) is 3.25. The molecule has 0 atom stereocenters. The van der Waals surface area contributed by atoms with Crippen molar-refractivity contribution < 1.29 is 19.1 Å². The Labute approximate surface area is 202 Å². The Hall–Kier alpha value is -4.10. The molecule has 3 aromatic rings. The van der Waals surface area contributed by atoms with Crippen molar-refractivity contribution in [1.82, 2.24) is 16.2 Å². The summed E-state index contributed by atoms with van der Waals surface area (Å²) in [5.74, 6) is -0.486. The molecule has 0 saturated heterocycles. The second-order valence-corrected chi connectivity index (χ2v) is 7.66. The van der Waals surface area contributed by atoms with E-state index in [4.69, 9.17) is 16.3 Å². The number of halogens is 1. The van der Waals surface area contributed by atoms with E-state index in [0.29, 0.717) is 22.9 Å². The number of hydrogen-bond donors (Lipinski definition) is 3. The van der Waals surface area contributed by atoms with Crippen molar-refractivity contribution in [1.29, 1.82) is 0 Å². The van der Waals surface area contributed by atoms with E-state index in [-0.39, 0.29) is 18.9 Å². The van der Waals surface area contributed by atoms with E-state index in [1.54, 1.807) is 54.6 Å². The highest BCUT2D eigenvalue weighted by Crippen LogP contribution is 2.17. The molecular formula is C26H24ClN3O4. The minimum Gasteiger partial charge on any atom is -0.489 e. The maximum Gasteiger partial charge on any atom is 0.269 e. The van der Waals surface area contributed by atoms with Crippen LogP contribution in [-0.4, -0.2) is 24.3 Å². The van der Waals surface area contributed by atoms with Gasteiger partial charge in [-0.3, -0.25) is 25.2 Å². The fourth-order valence-corrected chi connectivity index (χ4v) is 2.93. The minimum atomic E-state index is -0.451. The summed E-state index contributed by atoms with van der Waals surface area (Å²) in [6, 6.07) is 23.3. The van der Waals surface area contributed by atoms with E-state index in [2.05, 4.69) is 16.2 Å². The zero-order valence-electron chi connectivity index (χ0n) is 18.3. The summed E-state index contributed by atoms with van der Waals surface area (Å²) in [4.78, 5) is 35.9. The molecule has 0 heterocycles. The molecule has 3 amide bonds. The number of ether oxygens (including phenoxy) is 1. The molecule has 0 aromatic heterocycles. The molecule has 3 N–H and O–H groups in total. The number of rotatable bonds is 9. The number of hydrogen-bond acceptors (Lipinski definition) is 4. The number of nitrogens with one attached hydrogen (secondary N) is 3. The topological polar surface area (TPSA) is 96.5 Å². The van der Waals surface area contributed by atoms with Crippen molar-refractivity contribution in [3.8, 4) is 5.75 Å². The van der Waals surface area contributed by atoms with Gasteiger partial charge in [-0.2, -0.15) is 0 Å². The van der Waals surface area contributed by atoms with Crippen LogP contribution < -0.4 is 20.9 Å². The largest absolute Gasteiger partial charge is 0.489 e. The Morgan fingerprint density at radius 3 is 2.26 bits per heavy atom. The smallest absolute Gasteiger partial charge is 0.269 e. The molecule has 34 heavy (non-hydrogen) atoms. The van der Waals surface area contributed by atoms with E-state index < -0.39 is 11.8 Å². The molecule has 7 nitrogen and oxygen atoms in total. The fourth-order valence-electron chi connectivity index (χ4n) is 2.81. The van der Waals surface area contributed by atoms with Gasteiger partial charge in [-0.05, 0) is 53.6 Å². The van der Waals surface area contributed by atoms with Gasteiger partial charge in [-0.25, -0.2) is 0 Å². The highest BCUT2D eigenvalue weighted by Gasteiger charge is 2.08. The van der Waals surface area contributed by atoms with E-state index in [1.165, 1.54) is 6.08 Å². The van der Waals surface area contributed by atoms with E-state index >= 15 is 0 Å².